The van der Waals surface area contributed by atoms with Crippen LogP contribution in [0.4, 0.5) is 0 Å². The van der Waals surface area contributed by atoms with Gasteiger partial charge in [0.05, 0.1) is 5.41 Å². The summed E-state index contributed by atoms with van der Waals surface area (Å²) in [7, 11) is 0. The Hall–Kier alpha value is -5.40. The molecule has 1 aliphatic carbocycles. The molecule has 0 bridgehead atoms. The van der Waals surface area contributed by atoms with E-state index in [-0.39, 0.29) is 5.41 Å². The molecule has 7 aromatic carbocycles. The van der Waals surface area contributed by atoms with E-state index in [0.29, 0.717) is 0 Å². The fourth-order valence-electron chi connectivity index (χ4n) is 8.19. The van der Waals surface area contributed by atoms with E-state index in [1.165, 1.54) is 60.8 Å². The Bertz CT molecular complexity index is 2280. The first kappa shape index (κ1) is 26.0. The molecule has 214 valence electrons. The number of hydrogen-bond acceptors (Lipinski definition) is 1. The molecule has 0 radical (unpaired) electrons. The lowest BCUT2D eigenvalue weighted by molar-refractivity contribution is 0.418. The van der Waals surface area contributed by atoms with Gasteiger partial charge in [-0.3, -0.25) is 0 Å². The van der Waals surface area contributed by atoms with Crippen LogP contribution in [-0.4, -0.2) is 0 Å². The summed E-state index contributed by atoms with van der Waals surface area (Å²) in [5.74, 6) is 1.86. The lowest BCUT2D eigenvalue weighted by Gasteiger charge is -2.37. The average Bonchev–Trinajstić information content (AvgIpc) is 3.40. The van der Waals surface area contributed by atoms with Crippen LogP contribution < -0.4 is 4.74 Å². The normalized spacial score (nSPS) is 17.1. The van der Waals surface area contributed by atoms with Gasteiger partial charge in [-0.1, -0.05) is 159 Å². The first-order valence-corrected chi connectivity index (χ1v) is 15.8. The highest BCUT2D eigenvalue weighted by atomic mass is 16.5. The van der Waals surface area contributed by atoms with E-state index in [2.05, 4.69) is 172 Å². The monoisotopic (exact) mass is 576 g/mol. The number of ether oxygens (including phenoxy) is 1. The first-order valence-electron chi connectivity index (χ1n) is 15.8. The number of benzene rings is 7. The summed E-state index contributed by atoms with van der Waals surface area (Å²) in [5.41, 5.74) is 11.9. The first-order chi connectivity index (χ1) is 22.1. The Morgan fingerprint density at radius 1 is 0.444 bits per heavy atom. The Morgan fingerprint density at radius 2 is 1.07 bits per heavy atom. The maximum Gasteiger partial charge on any atom is 0.132 e. The van der Waals surface area contributed by atoms with Gasteiger partial charge in [0.15, 0.2) is 0 Å². The molecular weight excluding hydrogens is 544 g/mol. The van der Waals surface area contributed by atoms with Gasteiger partial charge in [0.2, 0.25) is 0 Å². The minimum Gasteiger partial charge on any atom is -0.457 e. The van der Waals surface area contributed by atoms with Crippen molar-refractivity contribution in [2.45, 2.75) is 24.7 Å². The maximum absolute atomic E-state index is 6.62. The van der Waals surface area contributed by atoms with Gasteiger partial charge in [0, 0.05) is 16.5 Å². The molecule has 0 aromatic heterocycles. The highest BCUT2D eigenvalue weighted by molar-refractivity contribution is 6.01. The largest absolute Gasteiger partial charge is 0.457 e. The van der Waals surface area contributed by atoms with Crippen molar-refractivity contribution < 1.29 is 4.74 Å². The number of rotatable bonds is 3. The van der Waals surface area contributed by atoms with Gasteiger partial charge in [-0.25, -0.2) is 0 Å². The summed E-state index contributed by atoms with van der Waals surface area (Å²) in [6.07, 6.45) is 0. The zero-order valence-corrected chi connectivity index (χ0v) is 25.4. The molecule has 0 spiro atoms. The van der Waals surface area contributed by atoms with Gasteiger partial charge in [0.25, 0.3) is 0 Å². The molecule has 0 saturated carbocycles. The van der Waals surface area contributed by atoms with Crippen LogP contribution in [0, 0.1) is 0 Å². The molecule has 1 atom stereocenters. The van der Waals surface area contributed by atoms with E-state index in [0.717, 1.165) is 17.1 Å². The predicted molar refractivity (Wildman–Crippen MR) is 185 cm³/mol. The third kappa shape index (κ3) is 3.56. The van der Waals surface area contributed by atoms with E-state index in [9.17, 15) is 0 Å². The molecule has 0 N–H and O–H groups in total. The third-order valence-corrected chi connectivity index (χ3v) is 10.2. The molecular formula is C44H32O. The van der Waals surface area contributed by atoms with Crippen molar-refractivity contribution in [3.05, 3.63) is 191 Å². The smallest absolute Gasteiger partial charge is 0.132 e. The van der Waals surface area contributed by atoms with Crippen molar-refractivity contribution in [2.75, 3.05) is 0 Å². The third-order valence-electron chi connectivity index (χ3n) is 10.2. The molecule has 0 saturated heterocycles. The van der Waals surface area contributed by atoms with Gasteiger partial charge >= 0.3 is 0 Å². The molecule has 1 nitrogen and oxygen atoms in total. The minimum absolute atomic E-state index is 0.157. The molecule has 1 heteroatoms. The van der Waals surface area contributed by atoms with E-state index in [1.807, 2.05) is 0 Å². The van der Waals surface area contributed by atoms with Crippen molar-refractivity contribution in [2.24, 2.45) is 0 Å². The van der Waals surface area contributed by atoms with Crippen LogP contribution in [0.2, 0.25) is 0 Å². The lowest BCUT2D eigenvalue weighted by Crippen LogP contribution is -2.29. The van der Waals surface area contributed by atoms with E-state index < -0.39 is 5.41 Å². The van der Waals surface area contributed by atoms with Crippen LogP contribution in [0.3, 0.4) is 0 Å². The summed E-state index contributed by atoms with van der Waals surface area (Å²) in [6.45, 7) is 4.59. The number of fused-ring (bicyclic) bond motifs is 7. The zero-order chi connectivity index (χ0) is 30.2. The molecule has 1 aliphatic heterocycles. The SMILES string of the molecule is CC1(C)c2ccccc2Oc2cc(-c3ccccc3C3(c4ccccc4)c4ccccc4-c4ccc5ccccc5c43)ccc21. The maximum atomic E-state index is 6.62. The predicted octanol–water partition coefficient (Wildman–Crippen LogP) is 11.3. The fraction of sp³-hybridized carbons (Fsp3) is 0.0909. The molecule has 9 rings (SSSR count). The molecule has 0 fully saturated rings. The average molecular weight is 577 g/mol. The summed E-state index contributed by atoms with van der Waals surface area (Å²) < 4.78 is 6.62. The van der Waals surface area contributed by atoms with Crippen molar-refractivity contribution in [1.29, 1.82) is 0 Å². The lowest BCUT2D eigenvalue weighted by atomic mass is 9.65. The second-order valence-corrected chi connectivity index (χ2v) is 12.9. The Labute approximate surface area is 264 Å². The van der Waals surface area contributed by atoms with Crippen LogP contribution in [0.25, 0.3) is 33.0 Å². The van der Waals surface area contributed by atoms with Crippen molar-refractivity contribution in [3.8, 4) is 33.8 Å². The van der Waals surface area contributed by atoms with Crippen molar-refractivity contribution in [1.82, 2.24) is 0 Å². The topological polar surface area (TPSA) is 9.23 Å². The number of para-hydroxylation sites is 1. The summed E-state index contributed by atoms with van der Waals surface area (Å²) in [4.78, 5) is 0. The Kier molecular flexibility index (Phi) is 5.53. The number of hydrogen-bond donors (Lipinski definition) is 0. The van der Waals surface area contributed by atoms with Gasteiger partial charge in [-0.15, -0.1) is 0 Å². The van der Waals surface area contributed by atoms with Gasteiger partial charge in [-0.05, 0) is 67.4 Å². The van der Waals surface area contributed by atoms with Gasteiger partial charge in [-0.2, -0.15) is 0 Å². The quantitative estimate of drug-likeness (QED) is 0.203. The van der Waals surface area contributed by atoms with Crippen molar-refractivity contribution >= 4 is 10.8 Å². The standard InChI is InChI=1S/C44H32O/c1-43(2)38-22-12-13-23-40(38)45-41-28-30(25-27-39(41)43)32-17-8-10-20-36(32)44(31-15-4-3-5-16-31)37-21-11-9-19-34(37)35-26-24-29-14-6-7-18-33(29)42(35)44/h3-28H,1-2H3. The van der Waals surface area contributed by atoms with Crippen LogP contribution in [0.5, 0.6) is 11.5 Å². The molecule has 45 heavy (non-hydrogen) atoms. The Balaban J connectivity index is 1.36. The molecule has 0 amide bonds. The summed E-state index contributed by atoms with van der Waals surface area (Å²) in [6, 6.07) is 57.8. The van der Waals surface area contributed by atoms with Crippen LogP contribution in [0.15, 0.2) is 158 Å². The summed E-state index contributed by atoms with van der Waals surface area (Å²) in [5, 5.41) is 2.54. The highest BCUT2D eigenvalue weighted by Gasteiger charge is 2.48. The summed E-state index contributed by atoms with van der Waals surface area (Å²) >= 11 is 0. The molecule has 1 heterocycles. The van der Waals surface area contributed by atoms with Crippen LogP contribution in [0.1, 0.15) is 47.2 Å². The fourth-order valence-corrected chi connectivity index (χ4v) is 8.19. The molecule has 7 aromatic rings. The van der Waals surface area contributed by atoms with Gasteiger partial charge < -0.3 is 4.74 Å². The second kappa shape index (κ2) is 9.55. The van der Waals surface area contributed by atoms with E-state index in [1.54, 1.807) is 0 Å². The minimum atomic E-state index is -0.521. The molecule has 2 aliphatic rings. The van der Waals surface area contributed by atoms with E-state index in [4.69, 9.17) is 4.74 Å². The van der Waals surface area contributed by atoms with Crippen molar-refractivity contribution in [3.63, 3.8) is 0 Å². The highest BCUT2D eigenvalue weighted by Crippen LogP contribution is 2.59. The van der Waals surface area contributed by atoms with E-state index >= 15 is 0 Å². The zero-order valence-electron chi connectivity index (χ0n) is 25.4. The van der Waals surface area contributed by atoms with Crippen LogP contribution in [-0.2, 0) is 10.8 Å². The van der Waals surface area contributed by atoms with Gasteiger partial charge in [0.1, 0.15) is 11.5 Å². The Morgan fingerprint density at radius 3 is 1.89 bits per heavy atom. The second-order valence-electron chi connectivity index (χ2n) is 12.9. The van der Waals surface area contributed by atoms with Crippen LogP contribution >= 0.6 is 0 Å². The molecule has 1 unspecified atom stereocenters.